The molecule has 5 aliphatic heterocycles. The molecule has 14 rings (SSSR count). The SMILES string of the molecule is CC(C)(C)c1cc2c3c(c1)N(c1ccccc1)c1nc4c(cc1B3c1ccccc1O2)B1C2=C(CC(N3C5=C(CCC=C5)C5CC=CCC53)C=C2OC2C=CC=CC12)N4c1ccccc1. The molecule has 1 fully saturated rings. The van der Waals surface area contributed by atoms with Crippen molar-refractivity contribution in [3.05, 3.63) is 192 Å². The summed E-state index contributed by atoms with van der Waals surface area (Å²) in [7, 11) is 0. The number of aromatic nitrogens is 1. The van der Waals surface area contributed by atoms with Gasteiger partial charge in [0.2, 0.25) is 6.71 Å². The number of benzene rings is 4. The maximum atomic E-state index is 7.30. The van der Waals surface area contributed by atoms with Gasteiger partial charge in [0, 0.05) is 52.7 Å². The molecule has 5 unspecified atom stereocenters. The van der Waals surface area contributed by atoms with E-state index in [2.05, 4.69) is 193 Å². The topological polar surface area (TPSA) is 41.1 Å². The zero-order valence-electron chi connectivity index (χ0n) is 37.2. The minimum absolute atomic E-state index is 0.0441. The Morgan fingerprint density at radius 1 is 0.738 bits per heavy atom. The second kappa shape index (κ2) is 13.9. The van der Waals surface area contributed by atoms with Gasteiger partial charge in [0.15, 0.2) is 0 Å². The lowest BCUT2D eigenvalue weighted by Gasteiger charge is -2.50. The molecule has 6 nitrogen and oxygen atoms in total. The molecule has 8 heteroatoms. The van der Waals surface area contributed by atoms with Gasteiger partial charge in [0.1, 0.15) is 35.0 Å². The van der Waals surface area contributed by atoms with Crippen LogP contribution in [0.3, 0.4) is 0 Å². The Morgan fingerprint density at radius 2 is 1.49 bits per heavy atom. The Bertz CT molecular complexity index is 3090. The number of pyridine rings is 1. The van der Waals surface area contributed by atoms with Crippen molar-refractivity contribution in [1.29, 1.82) is 0 Å². The van der Waals surface area contributed by atoms with Gasteiger partial charge >= 0.3 is 0 Å². The van der Waals surface area contributed by atoms with Crippen LogP contribution < -0.4 is 36.4 Å². The van der Waals surface area contributed by atoms with Crippen molar-refractivity contribution >= 4 is 64.0 Å². The molecule has 0 spiro atoms. The molecule has 4 aliphatic carbocycles. The fourth-order valence-electron chi connectivity index (χ4n) is 13.0. The van der Waals surface area contributed by atoms with E-state index in [1.807, 2.05) is 0 Å². The summed E-state index contributed by atoms with van der Waals surface area (Å²) in [6.07, 6.45) is 26.5. The van der Waals surface area contributed by atoms with Crippen LogP contribution >= 0.6 is 0 Å². The van der Waals surface area contributed by atoms with Crippen molar-refractivity contribution in [2.75, 3.05) is 9.80 Å². The van der Waals surface area contributed by atoms with E-state index in [0.29, 0.717) is 12.0 Å². The maximum Gasteiger partial charge on any atom is 0.258 e. The molecule has 0 bridgehead atoms. The van der Waals surface area contributed by atoms with Gasteiger partial charge in [-0.3, -0.25) is 9.80 Å². The molecule has 0 N–H and O–H groups in total. The Balaban J connectivity index is 1.03. The Hall–Kier alpha value is -6.66. The highest BCUT2D eigenvalue weighted by atomic mass is 16.5. The number of para-hydroxylation sites is 3. The smallest absolute Gasteiger partial charge is 0.258 e. The normalized spacial score (nSPS) is 24.8. The number of rotatable bonds is 3. The summed E-state index contributed by atoms with van der Waals surface area (Å²) in [5.41, 5.74) is 15.0. The van der Waals surface area contributed by atoms with Crippen molar-refractivity contribution < 1.29 is 9.47 Å². The van der Waals surface area contributed by atoms with E-state index in [9.17, 15) is 0 Å². The first-order valence-corrected chi connectivity index (χ1v) is 23.9. The number of anilines is 5. The van der Waals surface area contributed by atoms with E-state index in [-0.39, 0.29) is 36.8 Å². The fourth-order valence-corrected chi connectivity index (χ4v) is 13.0. The molecule has 6 heterocycles. The van der Waals surface area contributed by atoms with Gasteiger partial charge in [-0.05, 0) is 130 Å². The summed E-state index contributed by atoms with van der Waals surface area (Å²) in [6.45, 7) is 6.85. The van der Waals surface area contributed by atoms with Crippen LogP contribution in [0.1, 0.15) is 58.4 Å². The molecule has 1 saturated heterocycles. The van der Waals surface area contributed by atoms with Crippen LogP contribution in [0.25, 0.3) is 0 Å². The van der Waals surface area contributed by atoms with Crippen LogP contribution in [-0.2, 0) is 10.2 Å². The van der Waals surface area contributed by atoms with Gasteiger partial charge in [-0.15, -0.1) is 0 Å². The van der Waals surface area contributed by atoms with Crippen LogP contribution in [-0.4, -0.2) is 41.5 Å². The molecule has 0 radical (unpaired) electrons. The molecule has 5 atom stereocenters. The first-order valence-electron chi connectivity index (χ1n) is 23.9. The molecule has 0 amide bonds. The average molecular weight is 845 g/mol. The van der Waals surface area contributed by atoms with E-state index >= 15 is 0 Å². The monoisotopic (exact) mass is 844 g/mol. The maximum absolute atomic E-state index is 7.30. The number of allylic oxidation sites excluding steroid dienone is 6. The van der Waals surface area contributed by atoms with E-state index in [1.54, 1.807) is 5.57 Å². The van der Waals surface area contributed by atoms with Crippen molar-refractivity contribution in [3.8, 4) is 11.5 Å². The zero-order chi connectivity index (χ0) is 43.1. The van der Waals surface area contributed by atoms with Crippen molar-refractivity contribution in [2.45, 2.75) is 82.3 Å². The van der Waals surface area contributed by atoms with E-state index < -0.39 is 0 Å². The molecule has 0 saturated carbocycles. The van der Waals surface area contributed by atoms with Crippen molar-refractivity contribution in [2.24, 2.45) is 5.92 Å². The van der Waals surface area contributed by atoms with Crippen molar-refractivity contribution in [1.82, 2.24) is 9.88 Å². The standard InChI is InChI=1S/C57H50B2N4O2/c1-57(2,3)35-30-47-53-51(31-35)64-49-28-16-12-24-41(49)58(53)43-34-44-56(60-55(43)62(47)36-18-6-4-7-19-36)63(37-20-8-5-9-21-37)48-32-38(33-52-54(48)59(44)42-25-13-17-29-50(42)65-52)61-45-26-14-10-22-39(45)40-23-11-15-27-46(40)61/h4-10,12-21,24-25,27-31,33-34,38-39,42,45,50H,11,22-23,26,32H2,1-3H3. The Morgan fingerprint density at radius 3 is 2.32 bits per heavy atom. The third-order valence-corrected chi connectivity index (χ3v) is 15.8. The summed E-state index contributed by atoms with van der Waals surface area (Å²) in [5, 5.41) is 0. The number of ether oxygens (including phenoxy) is 2. The van der Waals surface area contributed by atoms with Crippen LogP contribution in [0.4, 0.5) is 28.7 Å². The average Bonchev–Trinajstić information content (AvgIpc) is 3.68. The van der Waals surface area contributed by atoms with E-state index in [1.165, 1.54) is 44.3 Å². The van der Waals surface area contributed by atoms with E-state index in [4.69, 9.17) is 14.5 Å². The molecule has 9 aliphatic rings. The Kier molecular flexibility index (Phi) is 8.07. The van der Waals surface area contributed by atoms with Gasteiger partial charge in [-0.25, -0.2) is 4.98 Å². The third kappa shape index (κ3) is 5.46. The minimum Gasteiger partial charge on any atom is -0.487 e. The quantitative estimate of drug-likeness (QED) is 0.130. The first kappa shape index (κ1) is 37.7. The highest BCUT2D eigenvalue weighted by Crippen LogP contribution is 2.53. The largest absolute Gasteiger partial charge is 0.487 e. The minimum atomic E-state index is -0.113. The molecule has 316 valence electrons. The number of nitrogens with zero attached hydrogens (tertiary/aromatic N) is 4. The predicted molar refractivity (Wildman–Crippen MR) is 266 cm³/mol. The third-order valence-electron chi connectivity index (χ3n) is 15.8. The molecule has 1 aromatic heterocycles. The summed E-state index contributed by atoms with van der Waals surface area (Å²) in [4.78, 5) is 13.9. The molecular formula is C57H50B2N4O2. The second-order valence-electron chi connectivity index (χ2n) is 20.3. The van der Waals surface area contributed by atoms with Crippen molar-refractivity contribution in [3.63, 3.8) is 0 Å². The number of hydrogen-bond acceptors (Lipinski definition) is 6. The van der Waals surface area contributed by atoms with E-state index in [0.717, 1.165) is 78.1 Å². The summed E-state index contributed by atoms with van der Waals surface area (Å²) < 4.78 is 14.3. The first-order chi connectivity index (χ1) is 31.9. The lowest BCUT2D eigenvalue weighted by Crippen LogP contribution is -2.62. The lowest BCUT2D eigenvalue weighted by molar-refractivity contribution is 0.143. The number of fused-ring (bicyclic) bond motifs is 10. The van der Waals surface area contributed by atoms with Crippen LogP contribution in [0.15, 0.2) is 186 Å². The summed E-state index contributed by atoms with van der Waals surface area (Å²) in [5.74, 6) is 5.53. The highest BCUT2D eigenvalue weighted by Gasteiger charge is 2.54. The Labute approximate surface area is 382 Å². The van der Waals surface area contributed by atoms with Gasteiger partial charge < -0.3 is 14.4 Å². The molecule has 65 heavy (non-hydrogen) atoms. The highest BCUT2D eigenvalue weighted by molar-refractivity contribution is 6.99. The summed E-state index contributed by atoms with van der Waals surface area (Å²) >= 11 is 0. The van der Waals surface area contributed by atoms with Crippen LogP contribution in [0, 0.1) is 5.92 Å². The molecule has 4 aromatic carbocycles. The molecular weight excluding hydrogens is 794 g/mol. The lowest BCUT2D eigenvalue weighted by atomic mass is 9.28. The van der Waals surface area contributed by atoms with Crippen LogP contribution in [0.5, 0.6) is 11.5 Å². The van der Waals surface area contributed by atoms with Gasteiger partial charge in [0.05, 0.1) is 6.04 Å². The summed E-state index contributed by atoms with van der Waals surface area (Å²) in [6, 6.07) is 38.3. The molecule has 5 aromatic rings. The predicted octanol–water partition coefficient (Wildman–Crippen LogP) is 10.2. The van der Waals surface area contributed by atoms with Gasteiger partial charge in [0.25, 0.3) is 6.71 Å². The zero-order valence-corrected chi connectivity index (χ0v) is 37.2. The second-order valence-corrected chi connectivity index (χ2v) is 20.3. The number of hydrogen-bond donors (Lipinski definition) is 0. The van der Waals surface area contributed by atoms with Gasteiger partial charge in [-0.1, -0.05) is 118 Å². The fraction of sp³-hybridized carbons (Fsp3) is 0.246. The van der Waals surface area contributed by atoms with Crippen LogP contribution in [0.2, 0.25) is 5.82 Å². The van der Waals surface area contributed by atoms with Gasteiger partial charge in [-0.2, -0.15) is 0 Å².